The standard InChI is InChI=1S/C16H21N3O3/c1-3-8-17-15(21)16(22)18-12-7-6-11(2)13(10-12)19-9-4-5-14(19)20/h6-7,10H,3-5,8-9H2,1-2H3,(H,17,21)(H,18,22). The van der Waals surface area contributed by atoms with E-state index in [0.717, 1.165) is 24.1 Å². The molecule has 2 rings (SSSR count). The molecule has 0 spiro atoms. The second kappa shape index (κ2) is 7.06. The normalized spacial score (nSPS) is 14.1. The lowest BCUT2D eigenvalue weighted by Gasteiger charge is -2.19. The third kappa shape index (κ3) is 3.63. The van der Waals surface area contributed by atoms with Crippen molar-refractivity contribution in [3.63, 3.8) is 0 Å². The molecule has 6 heteroatoms. The summed E-state index contributed by atoms with van der Waals surface area (Å²) >= 11 is 0. The van der Waals surface area contributed by atoms with Gasteiger partial charge in [-0.1, -0.05) is 13.0 Å². The van der Waals surface area contributed by atoms with Crippen LogP contribution in [0.4, 0.5) is 11.4 Å². The van der Waals surface area contributed by atoms with Gasteiger partial charge in [0.05, 0.1) is 0 Å². The molecular weight excluding hydrogens is 282 g/mol. The Morgan fingerprint density at radius 3 is 2.68 bits per heavy atom. The summed E-state index contributed by atoms with van der Waals surface area (Å²) in [5.41, 5.74) is 2.26. The monoisotopic (exact) mass is 303 g/mol. The highest BCUT2D eigenvalue weighted by Crippen LogP contribution is 2.28. The molecular formula is C16H21N3O3. The highest BCUT2D eigenvalue weighted by Gasteiger charge is 2.23. The molecule has 3 amide bonds. The first-order chi connectivity index (χ1) is 10.5. The molecule has 0 saturated carbocycles. The molecule has 0 atom stereocenters. The van der Waals surface area contributed by atoms with Crippen molar-refractivity contribution in [2.75, 3.05) is 23.3 Å². The topological polar surface area (TPSA) is 78.5 Å². The van der Waals surface area contributed by atoms with E-state index in [1.54, 1.807) is 17.0 Å². The second-order valence-corrected chi connectivity index (χ2v) is 5.36. The Bertz CT molecular complexity index is 598. The predicted molar refractivity (Wildman–Crippen MR) is 84.7 cm³/mol. The highest BCUT2D eigenvalue weighted by atomic mass is 16.2. The molecule has 1 fully saturated rings. The van der Waals surface area contributed by atoms with Gasteiger partial charge in [-0.05, 0) is 37.5 Å². The van der Waals surface area contributed by atoms with Crippen molar-refractivity contribution in [2.45, 2.75) is 33.1 Å². The molecule has 1 aliphatic rings. The van der Waals surface area contributed by atoms with Crippen molar-refractivity contribution >= 4 is 29.1 Å². The Kier molecular flexibility index (Phi) is 5.14. The Balaban J connectivity index is 2.11. The van der Waals surface area contributed by atoms with Crippen LogP contribution < -0.4 is 15.5 Å². The highest BCUT2D eigenvalue weighted by molar-refractivity contribution is 6.39. The lowest BCUT2D eigenvalue weighted by molar-refractivity contribution is -0.136. The number of nitrogens with one attached hydrogen (secondary N) is 2. The molecule has 0 radical (unpaired) electrons. The summed E-state index contributed by atoms with van der Waals surface area (Å²) in [6.07, 6.45) is 2.16. The number of carbonyl (C=O) groups excluding carboxylic acids is 3. The van der Waals surface area contributed by atoms with Gasteiger partial charge in [-0.15, -0.1) is 0 Å². The van der Waals surface area contributed by atoms with E-state index in [4.69, 9.17) is 0 Å². The van der Waals surface area contributed by atoms with Crippen LogP contribution in [0.25, 0.3) is 0 Å². The summed E-state index contributed by atoms with van der Waals surface area (Å²) in [6, 6.07) is 5.30. The summed E-state index contributed by atoms with van der Waals surface area (Å²) in [6.45, 7) is 4.99. The van der Waals surface area contributed by atoms with Gasteiger partial charge >= 0.3 is 11.8 Å². The number of carbonyl (C=O) groups is 3. The van der Waals surface area contributed by atoms with Gasteiger partial charge in [-0.25, -0.2) is 0 Å². The van der Waals surface area contributed by atoms with E-state index in [2.05, 4.69) is 10.6 Å². The Morgan fingerprint density at radius 2 is 2.05 bits per heavy atom. The molecule has 22 heavy (non-hydrogen) atoms. The summed E-state index contributed by atoms with van der Waals surface area (Å²) in [5.74, 6) is -1.26. The van der Waals surface area contributed by atoms with Gasteiger partial charge in [0, 0.05) is 30.9 Å². The van der Waals surface area contributed by atoms with Crippen LogP contribution in [0.15, 0.2) is 18.2 Å². The summed E-state index contributed by atoms with van der Waals surface area (Å²) in [5, 5.41) is 5.09. The fourth-order valence-corrected chi connectivity index (χ4v) is 2.39. The largest absolute Gasteiger partial charge is 0.348 e. The van der Waals surface area contributed by atoms with Crippen LogP contribution in [0.1, 0.15) is 31.7 Å². The first-order valence-corrected chi connectivity index (χ1v) is 7.53. The second-order valence-electron chi connectivity index (χ2n) is 5.36. The maximum atomic E-state index is 11.9. The van der Waals surface area contributed by atoms with Gasteiger partial charge in [-0.2, -0.15) is 0 Å². The van der Waals surface area contributed by atoms with Crippen LogP contribution in [0.3, 0.4) is 0 Å². The predicted octanol–water partition coefficient (Wildman–Crippen LogP) is 1.59. The molecule has 118 valence electrons. The van der Waals surface area contributed by atoms with Crippen LogP contribution in [0, 0.1) is 6.92 Å². The third-order valence-corrected chi connectivity index (χ3v) is 3.57. The zero-order chi connectivity index (χ0) is 16.1. The van der Waals surface area contributed by atoms with Gasteiger partial charge in [0.2, 0.25) is 5.91 Å². The molecule has 1 aromatic carbocycles. The number of benzene rings is 1. The van der Waals surface area contributed by atoms with E-state index in [-0.39, 0.29) is 5.91 Å². The van der Waals surface area contributed by atoms with Crippen LogP contribution in [-0.4, -0.2) is 30.8 Å². The average molecular weight is 303 g/mol. The van der Waals surface area contributed by atoms with E-state index in [1.165, 1.54) is 0 Å². The SMILES string of the molecule is CCCNC(=O)C(=O)Nc1ccc(C)c(N2CCCC2=O)c1. The van der Waals surface area contributed by atoms with Crippen LogP contribution in [0.2, 0.25) is 0 Å². The number of amides is 3. The quantitative estimate of drug-likeness (QED) is 0.829. The smallest absolute Gasteiger partial charge is 0.313 e. The Hall–Kier alpha value is -2.37. The molecule has 0 aliphatic carbocycles. The van der Waals surface area contributed by atoms with Crippen molar-refractivity contribution in [2.24, 2.45) is 0 Å². The number of anilines is 2. The van der Waals surface area contributed by atoms with E-state index >= 15 is 0 Å². The Morgan fingerprint density at radius 1 is 1.27 bits per heavy atom. The first-order valence-electron chi connectivity index (χ1n) is 7.53. The summed E-state index contributed by atoms with van der Waals surface area (Å²) in [7, 11) is 0. The fraction of sp³-hybridized carbons (Fsp3) is 0.438. The molecule has 1 saturated heterocycles. The van der Waals surface area contributed by atoms with E-state index in [9.17, 15) is 14.4 Å². The lowest BCUT2D eigenvalue weighted by atomic mass is 10.1. The molecule has 2 N–H and O–H groups in total. The van der Waals surface area contributed by atoms with Crippen molar-refractivity contribution in [3.8, 4) is 0 Å². The van der Waals surface area contributed by atoms with E-state index < -0.39 is 11.8 Å². The number of hydrogen-bond acceptors (Lipinski definition) is 3. The van der Waals surface area contributed by atoms with E-state index in [0.29, 0.717) is 25.2 Å². The summed E-state index contributed by atoms with van der Waals surface area (Å²) in [4.78, 5) is 37.0. The maximum Gasteiger partial charge on any atom is 0.313 e. The minimum atomic E-state index is -0.698. The number of nitrogens with zero attached hydrogens (tertiary/aromatic N) is 1. The number of aryl methyl sites for hydroxylation is 1. The minimum Gasteiger partial charge on any atom is -0.348 e. The van der Waals surface area contributed by atoms with Crippen LogP contribution in [0.5, 0.6) is 0 Å². The summed E-state index contributed by atoms with van der Waals surface area (Å²) < 4.78 is 0. The fourth-order valence-electron chi connectivity index (χ4n) is 2.39. The number of hydrogen-bond donors (Lipinski definition) is 2. The average Bonchev–Trinajstić information content (AvgIpc) is 2.92. The van der Waals surface area contributed by atoms with Gasteiger partial charge in [0.15, 0.2) is 0 Å². The zero-order valence-corrected chi connectivity index (χ0v) is 12.9. The molecule has 1 aromatic rings. The molecule has 1 heterocycles. The molecule has 0 bridgehead atoms. The van der Waals surface area contributed by atoms with Crippen molar-refractivity contribution in [1.29, 1.82) is 0 Å². The van der Waals surface area contributed by atoms with Crippen LogP contribution >= 0.6 is 0 Å². The van der Waals surface area contributed by atoms with Gasteiger partial charge < -0.3 is 15.5 Å². The van der Waals surface area contributed by atoms with Gasteiger partial charge in [0.25, 0.3) is 0 Å². The molecule has 0 unspecified atom stereocenters. The minimum absolute atomic E-state index is 0.0901. The Labute approximate surface area is 129 Å². The number of rotatable bonds is 4. The third-order valence-electron chi connectivity index (χ3n) is 3.57. The first kappa shape index (κ1) is 16.0. The van der Waals surface area contributed by atoms with Crippen molar-refractivity contribution in [1.82, 2.24) is 5.32 Å². The zero-order valence-electron chi connectivity index (χ0n) is 12.9. The maximum absolute atomic E-state index is 11.9. The van der Waals surface area contributed by atoms with Gasteiger partial charge in [-0.3, -0.25) is 14.4 Å². The van der Waals surface area contributed by atoms with Crippen LogP contribution in [-0.2, 0) is 14.4 Å². The molecule has 1 aliphatic heterocycles. The molecule has 6 nitrogen and oxygen atoms in total. The van der Waals surface area contributed by atoms with Gasteiger partial charge in [0.1, 0.15) is 0 Å². The van der Waals surface area contributed by atoms with Crippen molar-refractivity contribution < 1.29 is 14.4 Å². The van der Waals surface area contributed by atoms with E-state index in [1.807, 2.05) is 19.9 Å². The lowest BCUT2D eigenvalue weighted by Crippen LogP contribution is -2.35. The van der Waals surface area contributed by atoms with Crippen molar-refractivity contribution in [3.05, 3.63) is 23.8 Å². The molecule has 0 aromatic heterocycles.